The highest BCUT2D eigenvalue weighted by molar-refractivity contribution is 14.1. The summed E-state index contributed by atoms with van der Waals surface area (Å²) in [5, 5.41) is 11.4. The molecule has 0 aliphatic carbocycles. The quantitative estimate of drug-likeness (QED) is 0.334. The normalized spacial score (nSPS) is 13.2. The summed E-state index contributed by atoms with van der Waals surface area (Å²) >= 11 is 8.08. The van der Waals surface area contributed by atoms with E-state index in [1.807, 2.05) is 31.2 Å². The number of rotatable bonds is 4. The van der Waals surface area contributed by atoms with Crippen LogP contribution in [0, 0.1) is 10.5 Å². The molecule has 0 bridgehead atoms. The minimum atomic E-state index is -4.02. The summed E-state index contributed by atoms with van der Waals surface area (Å²) in [6.07, 6.45) is 0. The second kappa shape index (κ2) is 10.0. The van der Waals surface area contributed by atoms with Gasteiger partial charge >= 0.3 is 0 Å². The molecule has 0 amide bonds. The van der Waals surface area contributed by atoms with Crippen LogP contribution in [0.2, 0.25) is 5.02 Å². The van der Waals surface area contributed by atoms with Gasteiger partial charge in [-0.25, -0.2) is 0 Å². The van der Waals surface area contributed by atoms with Crippen LogP contribution in [0.15, 0.2) is 77.7 Å². The van der Waals surface area contributed by atoms with Gasteiger partial charge in [-0.15, -0.1) is 0 Å². The number of aliphatic hydroxyl groups is 1. The third-order valence-electron chi connectivity index (χ3n) is 4.26. The van der Waals surface area contributed by atoms with Crippen molar-refractivity contribution in [3.05, 3.63) is 98.1 Å². The first-order chi connectivity index (χ1) is 13.6. The van der Waals surface area contributed by atoms with Crippen molar-refractivity contribution in [2.75, 3.05) is 6.54 Å². The highest BCUT2D eigenvalue weighted by atomic mass is 127. The topological polar surface area (TPSA) is 101 Å². The molecule has 0 aliphatic rings. The maximum atomic E-state index is 10.8. The Morgan fingerprint density at radius 1 is 0.931 bits per heavy atom. The standard InChI is InChI=1S/C14H13ClINO.C7H8O3S/c15-12-5-1-10(2-6-12)14(18,9-17)11-3-7-13(16)8-4-11;1-6-2-4-7(5-3-6)11(8,9)10/h1-8,18H,9,17H2;2-5H,1H3,(H,8,9,10). The Morgan fingerprint density at radius 2 is 1.38 bits per heavy atom. The lowest BCUT2D eigenvalue weighted by atomic mass is 9.86. The summed E-state index contributed by atoms with van der Waals surface area (Å²) in [7, 11) is -4.02. The molecule has 4 N–H and O–H groups in total. The van der Waals surface area contributed by atoms with Gasteiger partial charge in [-0.2, -0.15) is 8.42 Å². The van der Waals surface area contributed by atoms with Crippen LogP contribution in [0.3, 0.4) is 0 Å². The van der Waals surface area contributed by atoms with Crippen LogP contribution in [0.1, 0.15) is 16.7 Å². The molecule has 0 saturated heterocycles. The third-order valence-corrected chi connectivity index (χ3v) is 6.10. The van der Waals surface area contributed by atoms with Gasteiger partial charge in [-0.1, -0.05) is 53.6 Å². The predicted molar refractivity (Wildman–Crippen MR) is 124 cm³/mol. The molecule has 1 unspecified atom stereocenters. The lowest BCUT2D eigenvalue weighted by Crippen LogP contribution is -2.36. The van der Waals surface area contributed by atoms with Crippen LogP contribution in [0.25, 0.3) is 0 Å². The Kier molecular flexibility index (Phi) is 8.21. The molecule has 3 aromatic rings. The first kappa shape index (κ1) is 23.8. The van der Waals surface area contributed by atoms with Crippen molar-refractivity contribution in [3.8, 4) is 0 Å². The van der Waals surface area contributed by atoms with E-state index >= 15 is 0 Å². The molecule has 154 valence electrons. The molecule has 8 heteroatoms. The Labute approximate surface area is 189 Å². The van der Waals surface area contributed by atoms with E-state index in [0.717, 1.165) is 20.3 Å². The molecule has 3 rings (SSSR count). The van der Waals surface area contributed by atoms with Crippen molar-refractivity contribution in [2.45, 2.75) is 17.4 Å². The summed E-state index contributed by atoms with van der Waals surface area (Å²) in [5.41, 5.74) is 7.08. The molecule has 0 aromatic heterocycles. The fourth-order valence-electron chi connectivity index (χ4n) is 2.56. The highest BCUT2D eigenvalue weighted by Crippen LogP contribution is 2.29. The van der Waals surface area contributed by atoms with Crippen molar-refractivity contribution in [2.24, 2.45) is 5.73 Å². The van der Waals surface area contributed by atoms with Gasteiger partial charge in [-0.05, 0) is 77.0 Å². The molecule has 0 spiro atoms. The SMILES string of the molecule is Cc1ccc(S(=O)(=O)O)cc1.NCC(O)(c1ccc(Cl)cc1)c1ccc(I)cc1. The van der Waals surface area contributed by atoms with E-state index in [4.69, 9.17) is 21.9 Å². The second-order valence-corrected chi connectivity index (χ2v) is 9.47. The number of hydrogen-bond donors (Lipinski definition) is 3. The van der Waals surface area contributed by atoms with Crippen LogP contribution in [0.4, 0.5) is 0 Å². The molecular weight excluding hydrogens is 525 g/mol. The number of aryl methyl sites for hydroxylation is 1. The van der Waals surface area contributed by atoms with Crippen molar-refractivity contribution >= 4 is 44.3 Å². The summed E-state index contributed by atoms with van der Waals surface area (Å²) in [6, 6.07) is 20.8. The molecule has 0 fully saturated rings. The van der Waals surface area contributed by atoms with E-state index < -0.39 is 15.7 Å². The monoisotopic (exact) mass is 545 g/mol. The minimum absolute atomic E-state index is 0.0666. The zero-order valence-corrected chi connectivity index (χ0v) is 19.3. The summed E-state index contributed by atoms with van der Waals surface area (Å²) in [5.74, 6) is 0. The molecular formula is C21H21ClINO4S. The Morgan fingerprint density at radius 3 is 1.79 bits per heavy atom. The van der Waals surface area contributed by atoms with E-state index in [-0.39, 0.29) is 11.4 Å². The van der Waals surface area contributed by atoms with Crippen molar-refractivity contribution in [1.29, 1.82) is 0 Å². The Bertz CT molecular complexity index is 992. The van der Waals surface area contributed by atoms with Crippen LogP contribution < -0.4 is 5.73 Å². The molecule has 0 saturated carbocycles. The Balaban J connectivity index is 0.000000234. The fourth-order valence-corrected chi connectivity index (χ4v) is 3.53. The molecule has 1 atom stereocenters. The summed E-state index contributed by atoms with van der Waals surface area (Å²) in [4.78, 5) is -0.0666. The van der Waals surface area contributed by atoms with Gasteiger partial charge in [-0.3, -0.25) is 4.55 Å². The highest BCUT2D eigenvalue weighted by Gasteiger charge is 2.29. The molecule has 0 heterocycles. The average Bonchev–Trinajstić information content (AvgIpc) is 2.68. The number of halogens is 2. The maximum absolute atomic E-state index is 10.8. The number of nitrogens with two attached hydrogens (primary N) is 1. The van der Waals surface area contributed by atoms with Gasteiger partial charge < -0.3 is 10.8 Å². The van der Waals surface area contributed by atoms with Crippen LogP contribution in [0.5, 0.6) is 0 Å². The van der Waals surface area contributed by atoms with Gasteiger partial charge in [0.2, 0.25) is 0 Å². The van der Waals surface area contributed by atoms with E-state index in [1.54, 1.807) is 36.4 Å². The zero-order valence-electron chi connectivity index (χ0n) is 15.6. The van der Waals surface area contributed by atoms with Crippen LogP contribution in [-0.2, 0) is 15.7 Å². The Hall–Kier alpha value is -1.49. The van der Waals surface area contributed by atoms with Gasteiger partial charge in [0, 0.05) is 15.1 Å². The number of hydrogen-bond acceptors (Lipinski definition) is 4. The summed E-state index contributed by atoms with van der Waals surface area (Å²) in [6.45, 7) is 1.96. The average molecular weight is 546 g/mol. The van der Waals surface area contributed by atoms with Gasteiger partial charge in [0.05, 0.1) is 4.90 Å². The van der Waals surface area contributed by atoms with E-state index in [0.29, 0.717) is 5.02 Å². The third kappa shape index (κ3) is 6.50. The fraction of sp³-hybridized carbons (Fsp3) is 0.143. The van der Waals surface area contributed by atoms with Crippen molar-refractivity contribution < 1.29 is 18.1 Å². The lowest BCUT2D eigenvalue weighted by molar-refractivity contribution is 0.0902. The molecule has 5 nitrogen and oxygen atoms in total. The van der Waals surface area contributed by atoms with Crippen molar-refractivity contribution in [3.63, 3.8) is 0 Å². The predicted octanol–water partition coefficient (Wildman–Crippen LogP) is 4.38. The zero-order chi connectivity index (χ0) is 21.7. The first-order valence-electron chi connectivity index (χ1n) is 8.55. The first-order valence-corrected chi connectivity index (χ1v) is 11.4. The minimum Gasteiger partial charge on any atom is -0.379 e. The van der Waals surface area contributed by atoms with Gasteiger partial charge in [0.1, 0.15) is 5.60 Å². The van der Waals surface area contributed by atoms with E-state index in [2.05, 4.69) is 22.6 Å². The largest absolute Gasteiger partial charge is 0.379 e. The molecule has 3 aromatic carbocycles. The second-order valence-electron chi connectivity index (χ2n) is 6.37. The van der Waals surface area contributed by atoms with Gasteiger partial charge in [0.15, 0.2) is 0 Å². The van der Waals surface area contributed by atoms with Crippen molar-refractivity contribution in [1.82, 2.24) is 0 Å². The van der Waals surface area contributed by atoms with E-state index in [1.165, 1.54) is 12.1 Å². The smallest absolute Gasteiger partial charge is 0.294 e. The van der Waals surface area contributed by atoms with Gasteiger partial charge in [0.25, 0.3) is 10.1 Å². The molecule has 0 radical (unpaired) electrons. The number of benzene rings is 3. The maximum Gasteiger partial charge on any atom is 0.294 e. The van der Waals surface area contributed by atoms with Crippen LogP contribution >= 0.6 is 34.2 Å². The lowest BCUT2D eigenvalue weighted by Gasteiger charge is -2.27. The van der Waals surface area contributed by atoms with E-state index in [9.17, 15) is 13.5 Å². The molecule has 0 aliphatic heterocycles. The molecule has 29 heavy (non-hydrogen) atoms. The summed E-state index contributed by atoms with van der Waals surface area (Å²) < 4.78 is 30.7. The van der Waals surface area contributed by atoms with Crippen LogP contribution in [-0.4, -0.2) is 24.6 Å².